The minimum Gasteiger partial charge on any atom is -0.268 e. The van der Waals surface area contributed by atoms with E-state index in [1.165, 1.54) is 0 Å². The zero-order valence-electron chi connectivity index (χ0n) is 14.0. The lowest BCUT2D eigenvalue weighted by molar-refractivity contribution is 0.824. The first-order valence-electron chi connectivity index (χ1n) is 7.82. The van der Waals surface area contributed by atoms with Crippen molar-refractivity contribution in [3.63, 3.8) is 0 Å². The zero-order chi connectivity index (χ0) is 16.7. The van der Waals surface area contributed by atoms with Gasteiger partial charge in [0.2, 0.25) is 0 Å². The first kappa shape index (κ1) is 15.9. The van der Waals surface area contributed by atoms with Crippen molar-refractivity contribution in [1.82, 2.24) is 9.55 Å². The second kappa shape index (κ2) is 5.90. The van der Waals surface area contributed by atoms with Crippen molar-refractivity contribution < 1.29 is 0 Å². The minimum absolute atomic E-state index is 0.0108. The van der Waals surface area contributed by atoms with E-state index in [1.807, 2.05) is 58.0 Å². The molecule has 1 aromatic heterocycles. The molecule has 1 heterocycles. The van der Waals surface area contributed by atoms with Gasteiger partial charge in [0, 0.05) is 6.42 Å². The van der Waals surface area contributed by atoms with Gasteiger partial charge in [0.15, 0.2) is 0 Å². The molecule has 0 saturated heterocycles. The SMILES string of the molecule is CCc1nc2c(P)cc(C)cc2c(=O)n1-c1c(C)cccc1C. The second-order valence-electron chi connectivity index (χ2n) is 6.01. The molecule has 0 fully saturated rings. The van der Waals surface area contributed by atoms with Crippen LogP contribution in [0.25, 0.3) is 16.6 Å². The Hall–Kier alpha value is -1.99. The number of para-hydroxylation sites is 1. The predicted octanol–water partition coefficient (Wildman–Crippen LogP) is 3.37. The van der Waals surface area contributed by atoms with Crippen LogP contribution >= 0.6 is 9.24 Å². The minimum atomic E-state index is 0.0108. The molecule has 2 aromatic carbocycles. The summed E-state index contributed by atoms with van der Waals surface area (Å²) in [6.45, 7) is 8.11. The molecule has 1 unspecified atom stereocenters. The highest BCUT2D eigenvalue weighted by Gasteiger charge is 2.16. The summed E-state index contributed by atoms with van der Waals surface area (Å²) in [6.07, 6.45) is 0.705. The molecule has 0 radical (unpaired) electrons. The molecule has 1 atom stereocenters. The Morgan fingerprint density at radius 1 is 1.13 bits per heavy atom. The topological polar surface area (TPSA) is 34.9 Å². The van der Waals surface area contributed by atoms with Gasteiger partial charge >= 0.3 is 0 Å². The van der Waals surface area contributed by atoms with E-state index in [1.54, 1.807) is 4.57 Å². The van der Waals surface area contributed by atoms with Crippen LogP contribution in [0.15, 0.2) is 35.1 Å². The maximum Gasteiger partial charge on any atom is 0.266 e. The van der Waals surface area contributed by atoms with E-state index in [4.69, 9.17) is 4.98 Å². The largest absolute Gasteiger partial charge is 0.268 e. The van der Waals surface area contributed by atoms with Gasteiger partial charge in [-0.15, -0.1) is 9.24 Å². The van der Waals surface area contributed by atoms with Gasteiger partial charge in [-0.1, -0.05) is 25.1 Å². The van der Waals surface area contributed by atoms with Crippen LogP contribution in [0.2, 0.25) is 0 Å². The average molecular weight is 324 g/mol. The third-order valence-electron chi connectivity index (χ3n) is 4.20. The molecule has 118 valence electrons. The Morgan fingerprint density at radius 2 is 1.78 bits per heavy atom. The number of aromatic nitrogens is 2. The molecular formula is C19H21N2OP. The quantitative estimate of drug-likeness (QED) is 0.678. The number of nitrogens with zero attached hydrogens (tertiary/aromatic N) is 2. The summed E-state index contributed by atoms with van der Waals surface area (Å²) in [5.41, 5.74) is 4.99. The van der Waals surface area contributed by atoms with Gasteiger partial charge in [0.25, 0.3) is 5.56 Å². The van der Waals surface area contributed by atoms with E-state index < -0.39 is 0 Å². The molecule has 23 heavy (non-hydrogen) atoms. The fourth-order valence-electron chi connectivity index (χ4n) is 3.14. The number of rotatable bonds is 2. The lowest BCUT2D eigenvalue weighted by atomic mass is 10.1. The molecule has 3 rings (SSSR count). The number of hydrogen-bond acceptors (Lipinski definition) is 2. The molecular weight excluding hydrogens is 303 g/mol. The molecule has 0 aliphatic rings. The van der Waals surface area contributed by atoms with Gasteiger partial charge in [-0.05, 0) is 54.9 Å². The maximum atomic E-state index is 13.2. The Morgan fingerprint density at radius 3 is 2.39 bits per heavy atom. The monoisotopic (exact) mass is 324 g/mol. The third-order valence-corrected chi connectivity index (χ3v) is 4.64. The summed E-state index contributed by atoms with van der Waals surface area (Å²) in [5, 5.41) is 1.65. The van der Waals surface area contributed by atoms with E-state index in [2.05, 4.69) is 9.24 Å². The Bertz CT molecular complexity index is 953. The van der Waals surface area contributed by atoms with Crippen LogP contribution in [0.4, 0.5) is 0 Å². The van der Waals surface area contributed by atoms with E-state index >= 15 is 0 Å². The molecule has 4 heteroatoms. The van der Waals surface area contributed by atoms with Gasteiger partial charge in [0.05, 0.1) is 16.6 Å². The Labute approximate surface area is 138 Å². The predicted molar refractivity (Wildman–Crippen MR) is 100 cm³/mol. The first-order valence-corrected chi connectivity index (χ1v) is 8.40. The van der Waals surface area contributed by atoms with Crippen LogP contribution in [0.3, 0.4) is 0 Å². The second-order valence-corrected chi connectivity index (χ2v) is 6.63. The molecule has 0 aliphatic heterocycles. The molecule has 0 bridgehead atoms. The van der Waals surface area contributed by atoms with Gasteiger partial charge in [-0.3, -0.25) is 9.36 Å². The van der Waals surface area contributed by atoms with Crippen molar-refractivity contribution >= 4 is 25.4 Å². The van der Waals surface area contributed by atoms with Gasteiger partial charge in [-0.25, -0.2) is 4.98 Å². The molecule has 0 spiro atoms. The smallest absolute Gasteiger partial charge is 0.266 e. The van der Waals surface area contributed by atoms with E-state index in [0.717, 1.165) is 39.0 Å². The Balaban J connectivity index is 2.51. The standard InChI is InChI=1S/C19H21N2OP/c1-5-16-20-17-14(9-11(2)10-15(17)23)19(22)21(16)18-12(3)7-6-8-13(18)4/h6-10H,5,23H2,1-4H3. The number of aryl methyl sites for hydroxylation is 4. The van der Waals surface area contributed by atoms with E-state index in [9.17, 15) is 4.79 Å². The molecule has 3 aromatic rings. The lowest BCUT2D eigenvalue weighted by Gasteiger charge is -2.17. The van der Waals surface area contributed by atoms with Crippen LogP contribution in [0.1, 0.15) is 29.4 Å². The van der Waals surface area contributed by atoms with Crippen molar-refractivity contribution in [2.24, 2.45) is 0 Å². The third kappa shape index (κ3) is 2.60. The summed E-state index contributed by atoms with van der Waals surface area (Å²) >= 11 is 0. The summed E-state index contributed by atoms with van der Waals surface area (Å²) in [5.74, 6) is 0.799. The van der Waals surface area contributed by atoms with Crippen LogP contribution in [-0.4, -0.2) is 9.55 Å². The maximum absolute atomic E-state index is 13.2. The van der Waals surface area contributed by atoms with Gasteiger partial charge in [0.1, 0.15) is 5.82 Å². The van der Waals surface area contributed by atoms with Crippen LogP contribution in [0.5, 0.6) is 0 Å². The summed E-state index contributed by atoms with van der Waals surface area (Å²) in [7, 11) is 2.70. The van der Waals surface area contributed by atoms with Crippen molar-refractivity contribution in [2.75, 3.05) is 0 Å². The summed E-state index contributed by atoms with van der Waals surface area (Å²) in [6, 6.07) is 10.1. The molecule has 0 amide bonds. The number of fused-ring (bicyclic) bond motifs is 1. The highest BCUT2D eigenvalue weighted by molar-refractivity contribution is 7.28. The zero-order valence-corrected chi connectivity index (χ0v) is 15.1. The van der Waals surface area contributed by atoms with Crippen LogP contribution in [-0.2, 0) is 6.42 Å². The fraction of sp³-hybridized carbons (Fsp3) is 0.263. The van der Waals surface area contributed by atoms with Gasteiger partial charge < -0.3 is 0 Å². The lowest BCUT2D eigenvalue weighted by Crippen LogP contribution is -2.26. The van der Waals surface area contributed by atoms with E-state index in [-0.39, 0.29) is 5.56 Å². The van der Waals surface area contributed by atoms with Crippen molar-refractivity contribution in [3.05, 3.63) is 63.2 Å². The molecule has 0 saturated carbocycles. The summed E-state index contributed by atoms with van der Waals surface area (Å²) in [4.78, 5) is 18.0. The summed E-state index contributed by atoms with van der Waals surface area (Å²) < 4.78 is 1.79. The van der Waals surface area contributed by atoms with E-state index in [0.29, 0.717) is 11.8 Å². The highest BCUT2D eigenvalue weighted by Crippen LogP contribution is 2.21. The van der Waals surface area contributed by atoms with Crippen LogP contribution in [0, 0.1) is 20.8 Å². The van der Waals surface area contributed by atoms with Crippen molar-refractivity contribution in [3.8, 4) is 5.69 Å². The van der Waals surface area contributed by atoms with Crippen LogP contribution < -0.4 is 10.9 Å². The highest BCUT2D eigenvalue weighted by atomic mass is 31.0. The van der Waals surface area contributed by atoms with Crippen molar-refractivity contribution in [1.29, 1.82) is 0 Å². The van der Waals surface area contributed by atoms with Crippen molar-refractivity contribution in [2.45, 2.75) is 34.1 Å². The average Bonchev–Trinajstić information content (AvgIpc) is 2.49. The first-order chi connectivity index (χ1) is 10.9. The fourth-order valence-corrected chi connectivity index (χ4v) is 3.62. The molecule has 3 nitrogen and oxygen atoms in total. The molecule has 0 aliphatic carbocycles. The number of hydrogen-bond donors (Lipinski definition) is 0. The normalized spacial score (nSPS) is 11.2. The number of benzene rings is 2. The molecule has 0 N–H and O–H groups in total. The van der Waals surface area contributed by atoms with Gasteiger partial charge in [-0.2, -0.15) is 0 Å². The Kier molecular flexibility index (Phi) is 4.08.